The number of piperazine rings is 1. The van der Waals surface area contributed by atoms with Crippen molar-refractivity contribution in [2.45, 2.75) is 24.4 Å². The van der Waals surface area contributed by atoms with Gasteiger partial charge in [0.25, 0.3) is 5.22 Å². The second-order valence-electron chi connectivity index (χ2n) is 6.97. The zero-order valence-electron chi connectivity index (χ0n) is 17.8. The Bertz CT molecular complexity index is 853. The summed E-state index contributed by atoms with van der Waals surface area (Å²) >= 11 is 2.92. The molecule has 164 valence electrons. The van der Waals surface area contributed by atoms with Crippen molar-refractivity contribution < 1.29 is 18.7 Å². The molecule has 1 fully saturated rings. The average molecular weight is 453 g/mol. The van der Waals surface area contributed by atoms with Gasteiger partial charge in [0, 0.05) is 32.7 Å². The first-order chi connectivity index (χ1) is 14.5. The fourth-order valence-electron chi connectivity index (χ4n) is 3.28. The van der Waals surface area contributed by atoms with Gasteiger partial charge in [-0.15, -0.1) is 10.2 Å². The number of thioether (sulfide) groups is 2. The minimum absolute atomic E-state index is 0.103. The van der Waals surface area contributed by atoms with E-state index >= 15 is 0 Å². The molecule has 1 aliphatic rings. The van der Waals surface area contributed by atoms with E-state index in [1.54, 1.807) is 26.0 Å². The first kappa shape index (κ1) is 22.8. The predicted molar refractivity (Wildman–Crippen MR) is 118 cm³/mol. The number of carbonyl (C=O) groups is 1. The lowest BCUT2D eigenvalue weighted by Gasteiger charge is -2.35. The molecule has 1 amide bonds. The topological polar surface area (TPSA) is 80.9 Å². The Morgan fingerprint density at radius 3 is 2.50 bits per heavy atom. The Hall–Kier alpha value is -1.91. The smallest absolute Gasteiger partial charge is 0.277 e. The van der Waals surface area contributed by atoms with Gasteiger partial charge in [0.05, 0.1) is 25.7 Å². The minimum atomic E-state index is 0.103. The van der Waals surface area contributed by atoms with E-state index in [1.807, 2.05) is 23.3 Å². The number of amides is 1. The maximum atomic E-state index is 12.5. The molecule has 0 aliphatic carbocycles. The van der Waals surface area contributed by atoms with Gasteiger partial charge in [-0.1, -0.05) is 11.8 Å². The van der Waals surface area contributed by atoms with Crippen LogP contribution in [0.15, 0.2) is 21.8 Å². The van der Waals surface area contributed by atoms with Crippen molar-refractivity contribution in [1.82, 2.24) is 20.0 Å². The summed E-state index contributed by atoms with van der Waals surface area (Å²) in [6, 6.07) is 4.05. The van der Waals surface area contributed by atoms with Gasteiger partial charge in [0.2, 0.25) is 11.8 Å². The molecule has 0 radical (unpaired) electrons. The summed E-state index contributed by atoms with van der Waals surface area (Å²) in [5, 5.41) is 8.40. The van der Waals surface area contributed by atoms with Gasteiger partial charge in [-0.2, -0.15) is 11.8 Å². The third-order valence-corrected chi connectivity index (χ3v) is 6.34. The monoisotopic (exact) mass is 452 g/mol. The molecule has 1 aliphatic heterocycles. The largest absolute Gasteiger partial charge is 0.493 e. The van der Waals surface area contributed by atoms with Gasteiger partial charge in [0.15, 0.2) is 11.5 Å². The molecule has 1 saturated heterocycles. The number of hydrogen-bond donors (Lipinski definition) is 0. The summed E-state index contributed by atoms with van der Waals surface area (Å²) in [7, 11) is 3.30. The van der Waals surface area contributed by atoms with Crippen LogP contribution in [0.25, 0.3) is 0 Å². The maximum Gasteiger partial charge on any atom is 0.277 e. The first-order valence-corrected chi connectivity index (χ1v) is 12.1. The number of aryl methyl sites for hydroxylation is 1. The minimum Gasteiger partial charge on any atom is -0.493 e. The number of ether oxygens (including phenoxy) is 2. The quantitative estimate of drug-likeness (QED) is 0.533. The fraction of sp³-hybridized carbons (Fsp3) is 0.550. The van der Waals surface area contributed by atoms with Crippen LogP contribution in [-0.2, 0) is 17.1 Å². The zero-order chi connectivity index (χ0) is 21.5. The molecular formula is C20H28N4O4S2. The Morgan fingerprint density at radius 2 is 1.83 bits per heavy atom. The maximum absolute atomic E-state index is 12.5. The van der Waals surface area contributed by atoms with Crippen LogP contribution in [0.1, 0.15) is 17.0 Å². The van der Waals surface area contributed by atoms with Crippen molar-refractivity contribution in [3.05, 3.63) is 29.2 Å². The highest BCUT2D eigenvalue weighted by molar-refractivity contribution is 7.99. The van der Waals surface area contributed by atoms with Crippen molar-refractivity contribution >= 4 is 29.4 Å². The van der Waals surface area contributed by atoms with Crippen LogP contribution in [0.3, 0.4) is 0 Å². The number of aromatic nitrogens is 2. The van der Waals surface area contributed by atoms with Crippen molar-refractivity contribution in [3.8, 4) is 11.5 Å². The Labute approximate surface area is 185 Å². The van der Waals surface area contributed by atoms with Crippen LogP contribution in [-0.4, -0.2) is 78.3 Å². The summed E-state index contributed by atoms with van der Waals surface area (Å²) in [6.07, 6.45) is 1.98. The molecule has 8 nitrogen and oxygen atoms in total. The van der Waals surface area contributed by atoms with Crippen LogP contribution >= 0.6 is 23.5 Å². The molecule has 3 rings (SSSR count). The number of rotatable bonds is 9. The van der Waals surface area contributed by atoms with E-state index in [2.05, 4.69) is 22.0 Å². The highest BCUT2D eigenvalue weighted by Crippen LogP contribution is 2.31. The van der Waals surface area contributed by atoms with E-state index in [0.717, 1.165) is 31.1 Å². The molecule has 0 atom stereocenters. The van der Waals surface area contributed by atoms with E-state index in [4.69, 9.17) is 13.9 Å². The van der Waals surface area contributed by atoms with Gasteiger partial charge < -0.3 is 18.8 Å². The van der Waals surface area contributed by atoms with Crippen molar-refractivity contribution in [3.63, 3.8) is 0 Å². The van der Waals surface area contributed by atoms with Crippen molar-refractivity contribution in [2.24, 2.45) is 0 Å². The lowest BCUT2D eigenvalue weighted by Crippen LogP contribution is -2.48. The van der Waals surface area contributed by atoms with Crippen LogP contribution < -0.4 is 9.47 Å². The molecular weight excluding hydrogens is 424 g/mol. The third kappa shape index (κ3) is 5.83. The standard InChI is InChI=1S/C20H28N4O4S2/c1-14-9-16(26-2)17(27-3)10-15(14)11-23-5-7-24(8-6-23)19(25)13-30-20-22-21-18(28-20)12-29-4/h9-10H,5-8,11-13H2,1-4H3. The second kappa shape index (κ2) is 10.9. The van der Waals surface area contributed by atoms with Crippen LogP contribution in [0, 0.1) is 6.92 Å². The molecule has 0 unspecified atom stereocenters. The summed E-state index contributed by atoms with van der Waals surface area (Å²) in [4.78, 5) is 16.8. The van der Waals surface area contributed by atoms with Crippen molar-refractivity contribution in [2.75, 3.05) is 52.4 Å². The summed E-state index contributed by atoms with van der Waals surface area (Å²) < 4.78 is 16.3. The van der Waals surface area contributed by atoms with Gasteiger partial charge in [-0.05, 0) is 36.4 Å². The predicted octanol–water partition coefficient (Wildman–Crippen LogP) is 2.69. The number of carbonyl (C=O) groups excluding carboxylic acids is 1. The van der Waals surface area contributed by atoms with Crippen LogP contribution in [0.2, 0.25) is 0 Å². The van der Waals surface area contributed by atoms with E-state index in [9.17, 15) is 4.79 Å². The third-order valence-electron chi connectivity index (χ3n) is 5.00. The Kier molecular flexibility index (Phi) is 8.29. The normalized spacial score (nSPS) is 14.7. The highest BCUT2D eigenvalue weighted by Gasteiger charge is 2.22. The van der Waals surface area contributed by atoms with Crippen LogP contribution in [0.4, 0.5) is 0 Å². The molecule has 0 N–H and O–H groups in total. The molecule has 0 bridgehead atoms. The number of methoxy groups -OCH3 is 2. The molecule has 1 aromatic heterocycles. The van der Waals surface area contributed by atoms with E-state index in [1.165, 1.54) is 22.9 Å². The molecule has 0 saturated carbocycles. The molecule has 2 aromatic rings. The Morgan fingerprint density at radius 1 is 1.13 bits per heavy atom. The second-order valence-corrected chi connectivity index (χ2v) is 8.77. The van der Waals surface area contributed by atoms with E-state index < -0.39 is 0 Å². The molecule has 2 heterocycles. The fourth-order valence-corrected chi connectivity index (χ4v) is 4.33. The van der Waals surface area contributed by atoms with E-state index in [0.29, 0.717) is 35.7 Å². The lowest BCUT2D eigenvalue weighted by atomic mass is 10.1. The van der Waals surface area contributed by atoms with E-state index in [-0.39, 0.29) is 5.91 Å². The van der Waals surface area contributed by atoms with Gasteiger partial charge >= 0.3 is 0 Å². The number of hydrogen-bond acceptors (Lipinski definition) is 9. The SMILES string of the molecule is COc1cc(C)c(CN2CCN(C(=O)CSc3nnc(CSC)o3)CC2)cc1OC. The number of nitrogens with zero attached hydrogens (tertiary/aromatic N) is 4. The number of benzene rings is 1. The lowest BCUT2D eigenvalue weighted by molar-refractivity contribution is -0.130. The highest BCUT2D eigenvalue weighted by atomic mass is 32.2. The first-order valence-electron chi connectivity index (χ1n) is 9.69. The van der Waals surface area contributed by atoms with Gasteiger partial charge in [0.1, 0.15) is 0 Å². The molecule has 1 aromatic carbocycles. The van der Waals surface area contributed by atoms with Gasteiger partial charge in [-0.25, -0.2) is 0 Å². The summed E-state index contributed by atoms with van der Waals surface area (Å²) in [5.41, 5.74) is 2.38. The molecule has 30 heavy (non-hydrogen) atoms. The Balaban J connectivity index is 1.48. The molecule has 0 spiro atoms. The van der Waals surface area contributed by atoms with Crippen LogP contribution in [0.5, 0.6) is 11.5 Å². The summed E-state index contributed by atoms with van der Waals surface area (Å²) in [5.74, 6) is 3.18. The zero-order valence-corrected chi connectivity index (χ0v) is 19.5. The summed E-state index contributed by atoms with van der Waals surface area (Å²) in [6.45, 7) is 6.01. The van der Waals surface area contributed by atoms with Crippen molar-refractivity contribution in [1.29, 1.82) is 0 Å². The average Bonchev–Trinajstić information content (AvgIpc) is 3.21. The molecule has 10 heteroatoms. The van der Waals surface area contributed by atoms with Gasteiger partial charge in [-0.3, -0.25) is 9.69 Å².